The predicted octanol–water partition coefficient (Wildman–Crippen LogP) is 0.859. The first-order valence-electron chi connectivity index (χ1n) is 3.03. The van der Waals surface area contributed by atoms with Crippen molar-refractivity contribution >= 4 is 5.78 Å². The molecule has 1 aromatic rings. The molecule has 0 radical (unpaired) electrons. The number of Topliss-reactive ketones (excluding diaryl/α,β-unsaturated/α-hetero) is 1. The zero-order chi connectivity index (χ0) is 7.40. The summed E-state index contributed by atoms with van der Waals surface area (Å²) in [7, 11) is 0. The molecule has 0 aliphatic carbocycles. The van der Waals surface area contributed by atoms with Crippen LogP contribution in [0.1, 0.15) is 10.4 Å². The Morgan fingerprint density at radius 2 is 1.82 bits per heavy atom. The predicted molar refractivity (Wildman–Crippen MR) is 37.9 cm³/mol. The molecule has 2 nitrogen and oxygen atoms in total. The third kappa shape index (κ3) is 2.83. The molecule has 11 heavy (non-hydrogen) atoms. The van der Waals surface area contributed by atoms with Crippen molar-refractivity contribution in [2.45, 2.75) is 0 Å². The van der Waals surface area contributed by atoms with Gasteiger partial charge in [0.15, 0.2) is 5.78 Å². The molecule has 0 heterocycles. The Morgan fingerprint density at radius 3 is 2.27 bits per heavy atom. The van der Waals surface area contributed by atoms with Crippen LogP contribution in [0, 0.1) is 0 Å². The van der Waals surface area contributed by atoms with Crippen molar-refractivity contribution in [2.24, 2.45) is 0 Å². The summed E-state index contributed by atoms with van der Waals surface area (Å²) in [6, 6.07) is 8.72. The maximum Gasteiger partial charge on any atom is 0.188 e. The van der Waals surface area contributed by atoms with Gasteiger partial charge in [0.25, 0.3) is 0 Å². The first-order chi connectivity index (χ1) is 4.84. The molecular formula is C8H8NiO2. The van der Waals surface area contributed by atoms with E-state index < -0.39 is 6.61 Å². The van der Waals surface area contributed by atoms with Crippen molar-refractivity contribution in [2.75, 3.05) is 6.61 Å². The topological polar surface area (TPSA) is 37.3 Å². The summed E-state index contributed by atoms with van der Waals surface area (Å²) >= 11 is 0. The van der Waals surface area contributed by atoms with E-state index in [4.69, 9.17) is 5.11 Å². The van der Waals surface area contributed by atoms with Crippen LogP contribution in [-0.4, -0.2) is 17.5 Å². The van der Waals surface area contributed by atoms with Crippen LogP contribution in [0.15, 0.2) is 30.3 Å². The second-order valence-corrected chi connectivity index (χ2v) is 1.95. The molecule has 1 rings (SSSR count). The van der Waals surface area contributed by atoms with Crippen LogP contribution in [0.25, 0.3) is 0 Å². The Balaban J connectivity index is 0.000001000. The number of ketones is 1. The smallest absolute Gasteiger partial charge is 0.188 e. The van der Waals surface area contributed by atoms with E-state index >= 15 is 0 Å². The van der Waals surface area contributed by atoms with Gasteiger partial charge < -0.3 is 5.11 Å². The van der Waals surface area contributed by atoms with E-state index in [0.717, 1.165) is 0 Å². The van der Waals surface area contributed by atoms with Crippen molar-refractivity contribution < 1.29 is 26.4 Å². The van der Waals surface area contributed by atoms with E-state index in [9.17, 15) is 4.79 Å². The maximum atomic E-state index is 10.8. The first-order valence-corrected chi connectivity index (χ1v) is 3.03. The summed E-state index contributed by atoms with van der Waals surface area (Å²) in [5, 5.41) is 8.44. The van der Waals surface area contributed by atoms with Crippen LogP contribution in [0.3, 0.4) is 0 Å². The van der Waals surface area contributed by atoms with Gasteiger partial charge in [-0.15, -0.1) is 0 Å². The van der Waals surface area contributed by atoms with E-state index in [1.165, 1.54) is 0 Å². The zero-order valence-corrected chi connectivity index (χ0v) is 6.75. The second-order valence-electron chi connectivity index (χ2n) is 1.95. The minimum Gasteiger partial charge on any atom is -0.388 e. The fourth-order valence-electron chi connectivity index (χ4n) is 0.715. The Kier molecular flexibility index (Phi) is 4.75. The molecule has 0 bridgehead atoms. The summed E-state index contributed by atoms with van der Waals surface area (Å²) in [5.41, 5.74) is 0.560. The van der Waals surface area contributed by atoms with Gasteiger partial charge in [0.2, 0.25) is 0 Å². The van der Waals surface area contributed by atoms with Crippen LogP contribution in [0.4, 0.5) is 0 Å². The maximum absolute atomic E-state index is 10.8. The summed E-state index contributed by atoms with van der Waals surface area (Å²) in [6.07, 6.45) is 0. The number of carbonyl (C=O) groups excluding carboxylic acids is 1. The van der Waals surface area contributed by atoms with Crippen molar-refractivity contribution in [3.05, 3.63) is 35.9 Å². The number of carbonyl (C=O) groups is 1. The molecular weight excluding hydrogens is 187 g/mol. The molecule has 0 saturated carbocycles. The molecule has 0 spiro atoms. The molecule has 62 valence electrons. The Hall–Kier alpha value is -0.656. The number of aliphatic hydroxyl groups is 1. The van der Waals surface area contributed by atoms with E-state index in [0.29, 0.717) is 5.56 Å². The molecule has 0 aliphatic rings. The molecule has 0 unspecified atom stereocenters. The van der Waals surface area contributed by atoms with Crippen LogP contribution >= 0.6 is 0 Å². The average molecular weight is 195 g/mol. The van der Waals surface area contributed by atoms with E-state index in [2.05, 4.69) is 0 Å². The third-order valence-corrected chi connectivity index (χ3v) is 1.24. The minimum absolute atomic E-state index is 0. The van der Waals surface area contributed by atoms with Gasteiger partial charge in [0, 0.05) is 22.1 Å². The van der Waals surface area contributed by atoms with Crippen molar-refractivity contribution in [1.82, 2.24) is 0 Å². The second kappa shape index (κ2) is 5.05. The largest absolute Gasteiger partial charge is 0.388 e. The van der Waals surface area contributed by atoms with Crippen LogP contribution in [0.2, 0.25) is 0 Å². The SMILES string of the molecule is O=C(CO)c1ccccc1.[Ni]. The monoisotopic (exact) mass is 194 g/mol. The molecule has 0 atom stereocenters. The molecule has 0 aliphatic heterocycles. The van der Waals surface area contributed by atoms with Gasteiger partial charge in [0.05, 0.1) is 0 Å². The van der Waals surface area contributed by atoms with E-state index in [1.54, 1.807) is 24.3 Å². The fraction of sp³-hybridized carbons (Fsp3) is 0.125. The molecule has 1 aromatic carbocycles. The molecule has 0 amide bonds. The Labute approximate surface area is 75.2 Å². The van der Waals surface area contributed by atoms with E-state index in [1.807, 2.05) is 6.07 Å². The van der Waals surface area contributed by atoms with Gasteiger partial charge in [-0.2, -0.15) is 0 Å². The van der Waals surface area contributed by atoms with Gasteiger partial charge >= 0.3 is 0 Å². The van der Waals surface area contributed by atoms with Crippen molar-refractivity contribution in [3.8, 4) is 0 Å². The van der Waals surface area contributed by atoms with Crippen LogP contribution < -0.4 is 0 Å². The van der Waals surface area contributed by atoms with Crippen LogP contribution in [-0.2, 0) is 16.5 Å². The molecule has 0 saturated heterocycles. The molecule has 3 heteroatoms. The number of hydrogen-bond donors (Lipinski definition) is 1. The number of benzene rings is 1. The molecule has 1 N–H and O–H groups in total. The van der Waals surface area contributed by atoms with Gasteiger partial charge in [-0.25, -0.2) is 0 Å². The van der Waals surface area contributed by atoms with Gasteiger partial charge in [0.1, 0.15) is 6.61 Å². The van der Waals surface area contributed by atoms with Crippen molar-refractivity contribution in [1.29, 1.82) is 0 Å². The summed E-state index contributed by atoms with van der Waals surface area (Å²) in [4.78, 5) is 10.8. The fourth-order valence-corrected chi connectivity index (χ4v) is 0.715. The minimum atomic E-state index is -0.413. The third-order valence-electron chi connectivity index (χ3n) is 1.24. The summed E-state index contributed by atoms with van der Waals surface area (Å²) in [6.45, 7) is -0.413. The van der Waals surface area contributed by atoms with Gasteiger partial charge in [-0.1, -0.05) is 30.3 Å². The standard InChI is InChI=1S/C8H8O2.Ni/c9-6-8(10)7-4-2-1-3-5-7;/h1-5,9H,6H2;. The summed E-state index contributed by atoms with van der Waals surface area (Å²) < 4.78 is 0. The average Bonchev–Trinajstić information content (AvgIpc) is 2.05. The first kappa shape index (κ1) is 10.3. The van der Waals surface area contributed by atoms with Crippen LogP contribution in [0.5, 0.6) is 0 Å². The number of hydrogen-bond acceptors (Lipinski definition) is 2. The van der Waals surface area contributed by atoms with Crippen molar-refractivity contribution in [3.63, 3.8) is 0 Å². The quantitative estimate of drug-likeness (QED) is 0.561. The van der Waals surface area contributed by atoms with E-state index in [-0.39, 0.29) is 22.3 Å². The van der Waals surface area contributed by atoms with Gasteiger partial charge in [-0.05, 0) is 0 Å². The molecule has 0 aromatic heterocycles. The molecule has 0 fully saturated rings. The Morgan fingerprint density at radius 1 is 1.27 bits per heavy atom. The number of rotatable bonds is 2. The van der Waals surface area contributed by atoms with Gasteiger partial charge in [-0.3, -0.25) is 4.79 Å². The normalized spacial score (nSPS) is 8.45. The zero-order valence-electron chi connectivity index (χ0n) is 5.77. The summed E-state index contributed by atoms with van der Waals surface area (Å²) in [5.74, 6) is -0.236. The Bertz CT molecular complexity index is 221. The number of aliphatic hydroxyl groups excluding tert-OH is 1.